The SMILES string of the molecule is CC(=O)CNC(=O)CCNCC(O)C(C)(C)CO. The molecule has 0 aliphatic rings. The van der Waals surface area contributed by atoms with Gasteiger partial charge in [0.1, 0.15) is 5.78 Å². The first-order valence-electron chi connectivity index (χ1n) is 6.05. The number of carbonyl (C=O) groups is 2. The molecule has 1 atom stereocenters. The minimum atomic E-state index is -0.678. The maximum atomic E-state index is 11.2. The topological polar surface area (TPSA) is 98.7 Å². The van der Waals surface area contributed by atoms with Gasteiger partial charge in [-0.3, -0.25) is 9.59 Å². The van der Waals surface area contributed by atoms with Crippen LogP contribution in [-0.2, 0) is 9.59 Å². The summed E-state index contributed by atoms with van der Waals surface area (Å²) in [6, 6.07) is 0. The van der Waals surface area contributed by atoms with E-state index in [1.807, 2.05) is 0 Å². The van der Waals surface area contributed by atoms with Crippen LogP contribution in [0.4, 0.5) is 0 Å². The molecular weight excluding hydrogens is 236 g/mol. The van der Waals surface area contributed by atoms with E-state index in [9.17, 15) is 14.7 Å². The number of nitrogens with one attached hydrogen (secondary N) is 2. The van der Waals surface area contributed by atoms with Gasteiger partial charge in [0.05, 0.1) is 19.3 Å². The van der Waals surface area contributed by atoms with Crippen LogP contribution in [0, 0.1) is 5.41 Å². The number of hydrogen-bond acceptors (Lipinski definition) is 5. The van der Waals surface area contributed by atoms with Gasteiger partial charge in [-0.25, -0.2) is 0 Å². The van der Waals surface area contributed by atoms with E-state index in [1.165, 1.54) is 6.92 Å². The average molecular weight is 260 g/mol. The van der Waals surface area contributed by atoms with Gasteiger partial charge in [-0.15, -0.1) is 0 Å². The number of carbonyl (C=O) groups excluding carboxylic acids is 2. The minimum Gasteiger partial charge on any atom is -0.396 e. The van der Waals surface area contributed by atoms with Gasteiger partial charge in [-0.05, 0) is 6.92 Å². The number of hydrogen-bond donors (Lipinski definition) is 4. The third-order valence-corrected chi connectivity index (χ3v) is 2.71. The van der Waals surface area contributed by atoms with Crippen LogP contribution in [0.3, 0.4) is 0 Å². The number of rotatable bonds is 9. The lowest BCUT2D eigenvalue weighted by atomic mass is 9.87. The Balaban J connectivity index is 3.67. The first-order valence-corrected chi connectivity index (χ1v) is 6.05. The highest BCUT2D eigenvalue weighted by atomic mass is 16.3. The molecule has 6 nitrogen and oxygen atoms in total. The minimum absolute atomic E-state index is 0.0546. The smallest absolute Gasteiger partial charge is 0.221 e. The molecule has 0 aliphatic heterocycles. The number of aliphatic hydroxyl groups is 2. The Morgan fingerprint density at radius 3 is 2.44 bits per heavy atom. The summed E-state index contributed by atoms with van der Waals surface area (Å²) in [6.07, 6.45) is -0.428. The van der Waals surface area contributed by atoms with Crippen LogP contribution in [0.5, 0.6) is 0 Å². The third kappa shape index (κ3) is 7.37. The molecule has 0 aromatic heterocycles. The zero-order valence-electron chi connectivity index (χ0n) is 11.3. The molecule has 0 aromatic rings. The largest absolute Gasteiger partial charge is 0.396 e. The molecule has 4 N–H and O–H groups in total. The molecule has 0 rings (SSSR count). The molecular formula is C12H24N2O4. The van der Waals surface area contributed by atoms with Crippen molar-refractivity contribution in [2.45, 2.75) is 33.3 Å². The predicted octanol–water partition coefficient (Wildman–Crippen LogP) is -0.949. The van der Waals surface area contributed by atoms with Gasteiger partial charge in [-0.2, -0.15) is 0 Å². The second-order valence-electron chi connectivity index (χ2n) is 5.10. The van der Waals surface area contributed by atoms with Crippen molar-refractivity contribution in [3.63, 3.8) is 0 Å². The van der Waals surface area contributed by atoms with E-state index in [0.717, 1.165) is 0 Å². The van der Waals surface area contributed by atoms with Gasteiger partial charge < -0.3 is 20.8 Å². The number of aliphatic hydroxyl groups excluding tert-OH is 2. The molecule has 0 spiro atoms. The monoisotopic (exact) mass is 260 g/mol. The summed E-state index contributed by atoms with van der Waals surface area (Å²) in [5.41, 5.74) is -0.566. The molecule has 0 saturated carbocycles. The van der Waals surface area contributed by atoms with Crippen molar-refractivity contribution in [1.29, 1.82) is 0 Å². The zero-order chi connectivity index (χ0) is 14.2. The van der Waals surface area contributed by atoms with Crippen molar-refractivity contribution in [1.82, 2.24) is 10.6 Å². The predicted molar refractivity (Wildman–Crippen MR) is 68.1 cm³/mol. The van der Waals surface area contributed by atoms with E-state index in [0.29, 0.717) is 13.1 Å². The first kappa shape index (κ1) is 17.0. The van der Waals surface area contributed by atoms with Crippen LogP contribution in [-0.4, -0.2) is 54.2 Å². The molecule has 6 heteroatoms. The average Bonchev–Trinajstić information content (AvgIpc) is 2.31. The van der Waals surface area contributed by atoms with Crippen molar-refractivity contribution < 1.29 is 19.8 Å². The van der Waals surface area contributed by atoms with Gasteiger partial charge in [0.2, 0.25) is 5.91 Å². The molecule has 18 heavy (non-hydrogen) atoms. The normalized spacial score (nSPS) is 13.2. The van der Waals surface area contributed by atoms with Crippen molar-refractivity contribution >= 4 is 11.7 Å². The van der Waals surface area contributed by atoms with Crippen molar-refractivity contribution in [3.8, 4) is 0 Å². The molecule has 0 aliphatic carbocycles. The summed E-state index contributed by atoms with van der Waals surface area (Å²) in [6.45, 7) is 5.62. The van der Waals surface area contributed by atoms with Gasteiger partial charge >= 0.3 is 0 Å². The van der Waals surface area contributed by atoms with E-state index in [4.69, 9.17) is 5.11 Å². The van der Waals surface area contributed by atoms with Crippen LogP contribution >= 0.6 is 0 Å². The second-order valence-corrected chi connectivity index (χ2v) is 5.10. The second kappa shape index (κ2) is 8.18. The summed E-state index contributed by atoms with van der Waals surface area (Å²) in [5.74, 6) is -0.287. The highest BCUT2D eigenvalue weighted by molar-refractivity contribution is 5.84. The fraction of sp³-hybridized carbons (Fsp3) is 0.833. The van der Waals surface area contributed by atoms with E-state index in [2.05, 4.69) is 10.6 Å². The Kier molecular flexibility index (Phi) is 7.73. The van der Waals surface area contributed by atoms with Crippen LogP contribution in [0.15, 0.2) is 0 Å². The van der Waals surface area contributed by atoms with Gasteiger partial charge in [0.25, 0.3) is 0 Å². The molecule has 0 radical (unpaired) electrons. The maximum Gasteiger partial charge on any atom is 0.221 e. The number of Topliss-reactive ketones (excluding diaryl/α,β-unsaturated/α-hetero) is 1. The molecule has 0 bridgehead atoms. The van der Waals surface area contributed by atoms with Crippen LogP contribution in [0.25, 0.3) is 0 Å². The quantitative estimate of drug-likeness (QED) is 0.401. The fourth-order valence-corrected chi connectivity index (χ4v) is 1.13. The van der Waals surface area contributed by atoms with Gasteiger partial charge in [0.15, 0.2) is 0 Å². The summed E-state index contributed by atoms with van der Waals surface area (Å²) < 4.78 is 0. The van der Waals surface area contributed by atoms with Gasteiger partial charge in [0, 0.05) is 24.9 Å². The lowest BCUT2D eigenvalue weighted by Crippen LogP contribution is -2.41. The number of amides is 1. The maximum absolute atomic E-state index is 11.2. The Morgan fingerprint density at radius 2 is 1.94 bits per heavy atom. The van der Waals surface area contributed by atoms with Crippen molar-refractivity contribution in [3.05, 3.63) is 0 Å². The molecule has 1 unspecified atom stereocenters. The van der Waals surface area contributed by atoms with Crippen LogP contribution in [0.2, 0.25) is 0 Å². The molecule has 1 amide bonds. The molecule has 106 valence electrons. The molecule has 0 saturated heterocycles. The fourth-order valence-electron chi connectivity index (χ4n) is 1.13. The van der Waals surface area contributed by atoms with Gasteiger partial charge in [-0.1, -0.05) is 13.8 Å². The van der Waals surface area contributed by atoms with E-state index >= 15 is 0 Å². The highest BCUT2D eigenvalue weighted by Gasteiger charge is 2.26. The highest BCUT2D eigenvalue weighted by Crippen LogP contribution is 2.18. The zero-order valence-corrected chi connectivity index (χ0v) is 11.3. The first-order chi connectivity index (χ1) is 8.29. The third-order valence-electron chi connectivity index (χ3n) is 2.71. The Bertz CT molecular complexity index is 279. The molecule has 0 heterocycles. The van der Waals surface area contributed by atoms with Crippen molar-refractivity contribution in [2.75, 3.05) is 26.2 Å². The van der Waals surface area contributed by atoms with E-state index in [1.54, 1.807) is 13.8 Å². The Labute approximate surface area is 108 Å². The standard InChI is InChI=1S/C12H24N2O4/c1-9(16)6-14-11(18)4-5-13-7-10(17)12(2,3)8-15/h10,13,15,17H,4-8H2,1-3H3,(H,14,18). The van der Waals surface area contributed by atoms with Crippen LogP contribution < -0.4 is 10.6 Å². The van der Waals surface area contributed by atoms with E-state index < -0.39 is 11.5 Å². The van der Waals surface area contributed by atoms with Crippen LogP contribution in [0.1, 0.15) is 27.2 Å². The summed E-state index contributed by atoms with van der Waals surface area (Å²) >= 11 is 0. The summed E-state index contributed by atoms with van der Waals surface area (Å²) in [4.78, 5) is 21.9. The Morgan fingerprint density at radius 1 is 1.33 bits per heavy atom. The Hall–Kier alpha value is -0.980. The number of ketones is 1. The van der Waals surface area contributed by atoms with E-state index in [-0.39, 0.29) is 31.3 Å². The lowest BCUT2D eigenvalue weighted by Gasteiger charge is -2.28. The molecule has 0 aromatic carbocycles. The summed E-state index contributed by atoms with van der Waals surface area (Å²) in [5, 5.41) is 24.2. The molecule has 0 fully saturated rings. The lowest BCUT2D eigenvalue weighted by molar-refractivity contribution is -0.124. The summed E-state index contributed by atoms with van der Waals surface area (Å²) in [7, 11) is 0. The van der Waals surface area contributed by atoms with Crippen molar-refractivity contribution in [2.24, 2.45) is 5.41 Å².